The largest absolute Gasteiger partial charge is 0.497 e. The molecule has 0 spiro atoms. The van der Waals surface area contributed by atoms with Gasteiger partial charge in [0.1, 0.15) is 5.75 Å². The molecule has 4 nitrogen and oxygen atoms in total. The number of carbonyl (C=O) groups is 1. The number of para-hydroxylation sites is 2. The number of hydrogen-bond donors (Lipinski definition) is 0. The third-order valence-electron chi connectivity index (χ3n) is 6.01. The van der Waals surface area contributed by atoms with Crippen LogP contribution in [-0.4, -0.2) is 18.7 Å². The van der Waals surface area contributed by atoms with E-state index in [-0.39, 0.29) is 11.9 Å². The minimum atomic E-state index is -0.221. The Hall–Kier alpha value is -3.70. The van der Waals surface area contributed by atoms with Crippen molar-refractivity contribution in [1.29, 1.82) is 0 Å². The molecule has 1 atom stereocenters. The Morgan fingerprint density at radius 3 is 2.26 bits per heavy atom. The number of ether oxygens (including phenoxy) is 1. The van der Waals surface area contributed by atoms with Gasteiger partial charge in [0.2, 0.25) is 0 Å². The van der Waals surface area contributed by atoms with Crippen molar-refractivity contribution in [3.05, 3.63) is 124 Å². The molecule has 1 aliphatic rings. The first-order valence-electron chi connectivity index (χ1n) is 11.1. The van der Waals surface area contributed by atoms with Gasteiger partial charge in [-0.2, -0.15) is 0 Å². The standard InChI is InChI=1S/C29H23BrN2O2/c1-34-24-17-13-22(14-18-24)29(33)32-27-10-6-5-9-25(27)31-26(20-11-15-23(30)16-12-20)19-28(32)21-7-3-2-4-8-21/h2-18,28H,19H2,1H3/t28-/m1/s1. The highest BCUT2D eigenvalue weighted by Crippen LogP contribution is 2.41. The number of fused-ring (bicyclic) bond motifs is 1. The summed E-state index contributed by atoms with van der Waals surface area (Å²) in [4.78, 5) is 21.0. The van der Waals surface area contributed by atoms with Gasteiger partial charge in [-0.1, -0.05) is 70.5 Å². The maximum Gasteiger partial charge on any atom is 0.258 e. The van der Waals surface area contributed by atoms with Crippen molar-refractivity contribution in [3.8, 4) is 5.75 Å². The summed E-state index contributed by atoms with van der Waals surface area (Å²) in [6, 6.07) is 33.2. The highest BCUT2D eigenvalue weighted by atomic mass is 79.9. The molecule has 0 bridgehead atoms. The second-order valence-corrected chi connectivity index (χ2v) is 9.00. The highest BCUT2D eigenvalue weighted by Gasteiger charge is 2.33. The number of methoxy groups -OCH3 is 1. The summed E-state index contributed by atoms with van der Waals surface area (Å²) in [6.45, 7) is 0. The van der Waals surface area contributed by atoms with Crippen molar-refractivity contribution < 1.29 is 9.53 Å². The van der Waals surface area contributed by atoms with Crippen molar-refractivity contribution in [1.82, 2.24) is 0 Å². The van der Waals surface area contributed by atoms with Crippen LogP contribution in [0.2, 0.25) is 0 Å². The maximum atomic E-state index is 14.0. The van der Waals surface area contributed by atoms with Gasteiger partial charge < -0.3 is 4.74 Å². The van der Waals surface area contributed by atoms with Crippen LogP contribution in [-0.2, 0) is 0 Å². The normalized spacial score (nSPS) is 15.2. The number of halogens is 1. The molecule has 0 fully saturated rings. The average molecular weight is 511 g/mol. The number of aliphatic imine (C=N–C) groups is 1. The molecule has 1 amide bonds. The maximum absolute atomic E-state index is 14.0. The lowest BCUT2D eigenvalue weighted by Crippen LogP contribution is -2.35. The summed E-state index contributed by atoms with van der Waals surface area (Å²) >= 11 is 3.52. The van der Waals surface area contributed by atoms with E-state index in [1.165, 1.54) is 0 Å². The molecule has 5 rings (SSSR count). The van der Waals surface area contributed by atoms with E-state index in [1.54, 1.807) is 7.11 Å². The van der Waals surface area contributed by atoms with Crippen LogP contribution < -0.4 is 9.64 Å². The molecule has 1 heterocycles. The van der Waals surface area contributed by atoms with E-state index >= 15 is 0 Å². The summed E-state index contributed by atoms with van der Waals surface area (Å²) < 4.78 is 6.30. The van der Waals surface area contributed by atoms with Gasteiger partial charge in [-0.05, 0) is 59.7 Å². The lowest BCUT2D eigenvalue weighted by molar-refractivity contribution is 0.0977. The molecule has 0 aliphatic carbocycles. The van der Waals surface area contributed by atoms with Crippen LogP contribution in [0.3, 0.4) is 0 Å². The second-order valence-electron chi connectivity index (χ2n) is 8.09. The van der Waals surface area contributed by atoms with Crippen LogP contribution in [0.1, 0.15) is 33.9 Å². The molecule has 34 heavy (non-hydrogen) atoms. The number of carbonyl (C=O) groups excluding carboxylic acids is 1. The second kappa shape index (κ2) is 9.65. The number of anilines is 1. The summed E-state index contributed by atoms with van der Waals surface area (Å²) in [7, 11) is 1.62. The monoisotopic (exact) mass is 510 g/mol. The predicted molar refractivity (Wildman–Crippen MR) is 140 cm³/mol. The summed E-state index contributed by atoms with van der Waals surface area (Å²) in [6.07, 6.45) is 0.586. The van der Waals surface area contributed by atoms with Crippen LogP contribution in [0.25, 0.3) is 0 Å². The zero-order valence-corrected chi connectivity index (χ0v) is 20.3. The van der Waals surface area contributed by atoms with Crippen molar-refractivity contribution in [2.75, 3.05) is 12.0 Å². The molecule has 4 aromatic carbocycles. The Bertz CT molecular complexity index is 1330. The minimum Gasteiger partial charge on any atom is -0.497 e. The van der Waals surface area contributed by atoms with Gasteiger partial charge in [-0.3, -0.25) is 14.7 Å². The quantitative estimate of drug-likeness (QED) is 0.287. The van der Waals surface area contributed by atoms with Gasteiger partial charge >= 0.3 is 0 Å². The fourth-order valence-electron chi connectivity index (χ4n) is 4.29. The van der Waals surface area contributed by atoms with E-state index in [0.717, 1.165) is 32.7 Å². The van der Waals surface area contributed by atoms with Crippen LogP contribution in [0.4, 0.5) is 11.4 Å². The van der Waals surface area contributed by atoms with Crippen molar-refractivity contribution >= 4 is 38.9 Å². The molecule has 0 radical (unpaired) electrons. The summed E-state index contributed by atoms with van der Waals surface area (Å²) in [5.74, 6) is 0.643. The fraction of sp³-hybridized carbons (Fsp3) is 0.103. The number of hydrogen-bond acceptors (Lipinski definition) is 3. The van der Waals surface area contributed by atoms with Crippen molar-refractivity contribution in [3.63, 3.8) is 0 Å². The highest BCUT2D eigenvalue weighted by molar-refractivity contribution is 9.10. The van der Waals surface area contributed by atoms with Crippen LogP contribution in [0.15, 0.2) is 113 Å². The van der Waals surface area contributed by atoms with E-state index in [1.807, 2.05) is 83.8 Å². The molecule has 1 aliphatic heterocycles. The molecular weight excluding hydrogens is 488 g/mol. The smallest absolute Gasteiger partial charge is 0.258 e. The SMILES string of the molecule is COc1ccc(C(=O)N2c3ccccc3N=C(c3ccc(Br)cc3)C[C@@H]2c2ccccc2)cc1. The summed E-state index contributed by atoms with van der Waals surface area (Å²) in [5.41, 5.74) is 5.22. The zero-order valence-electron chi connectivity index (χ0n) is 18.7. The Morgan fingerprint density at radius 1 is 0.882 bits per heavy atom. The fourth-order valence-corrected chi connectivity index (χ4v) is 4.55. The number of nitrogens with zero attached hydrogens (tertiary/aromatic N) is 2. The molecule has 4 aromatic rings. The van der Waals surface area contributed by atoms with Crippen LogP contribution >= 0.6 is 15.9 Å². The molecule has 5 heteroatoms. The third kappa shape index (κ3) is 4.39. The molecule has 0 unspecified atom stereocenters. The van der Waals surface area contributed by atoms with Gasteiger partial charge in [0.15, 0.2) is 0 Å². The first kappa shape index (κ1) is 22.1. The topological polar surface area (TPSA) is 41.9 Å². The van der Waals surface area contributed by atoms with E-state index in [4.69, 9.17) is 9.73 Å². The van der Waals surface area contributed by atoms with Crippen LogP contribution in [0, 0.1) is 0 Å². The number of benzene rings is 4. The molecule has 0 aromatic heterocycles. The van der Waals surface area contributed by atoms with E-state index in [0.29, 0.717) is 17.7 Å². The lowest BCUT2D eigenvalue weighted by Gasteiger charge is -2.32. The molecule has 0 saturated carbocycles. The van der Waals surface area contributed by atoms with E-state index in [2.05, 4.69) is 40.2 Å². The molecular formula is C29H23BrN2O2. The number of amides is 1. The first-order valence-corrected chi connectivity index (χ1v) is 11.9. The Morgan fingerprint density at radius 2 is 1.56 bits per heavy atom. The Kier molecular flexibility index (Phi) is 6.28. The minimum absolute atomic E-state index is 0.0730. The van der Waals surface area contributed by atoms with Gasteiger partial charge in [0, 0.05) is 16.5 Å². The molecule has 0 saturated heterocycles. The third-order valence-corrected chi connectivity index (χ3v) is 6.54. The van der Waals surface area contributed by atoms with Crippen molar-refractivity contribution in [2.45, 2.75) is 12.5 Å². The molecule has 0 N–H and O–H groups in total. The van der Waals surface area contributed by atoms with E-state index in [9.17, 15) is 4.79 Å². The predicted octanol–water partition coefficient (Wildman–Crippen LogP) is 7.37. The van der Waals surface area contributed by atoms with Gasteiger partial charge in [0.25, 0.3) is 5.91 Å². The van der Waals surface area contributed by atoms with Gasteiger partial charge in [0.05, 0.1) is 30.2 Å². The van der Waals surface area contributed by atoms with Crippen LogP contribution in [0.5, 0.6) is 5.75 Å². The Balaban J connectivity index is 1.66. The van der Waals surface area contributed by atoms with Gasteiger partial charge in [-0.15, -0.1) is 0 Å². The lowest BCUT2D eigenvalue weighted by atomic mass is 9.95. The average Bonchev–Trinajstić information content (AvgIpc) is 3.06. The van der Waals surface area contributed by atoms with Crippen molar-refractivity contribution in [2.24, 2.45) is 4.99 Å². The number of rotatable bonds is 4. The molecule has 168 valence electrons. The zero-order chi connectivity index (χ0) is 23.5. The Labute approximate surface area is 207 Å². The first-order chi connectivity index (χ1) is 16.6. The summed E-state index contributed by atoms with van der Waals surface area (Å²) in [5, 5.41) is 0. The van der Waals surface area contributed by atoms with Gasteiger partial charge in [-0.25, -0.2) is 0 Å². The van der Waals surface area contributed by atoms with E-state index < -0.39 is 0 Å².